The molecule has 3 nitrogen and oxygen atoms in total. The Balaban J connectivity index is 4.40. The Morgan fingerprint density at radius 1 is 1.83 bits per heavy atom. The van der Waals surface area contributed by atoms with Gasteiger partial charge in [0.05, 0.1) is 18.6 Å². The summed E-state index contributed by atoms with van der Waals surface area (Å²) in [6.07, 6.45) is -3.20. The monoisotopic (exact) mass is 98.1 g/mol. The third-order valence-corrected chi connectivity index (χ3v) is 0.237. The molecule has 3 heteroatoms. The SMILES string of the molecule is [2H][13C@@H](O)[13C@@]([2H])(O)C([2H])([2H])O. The first-order valence-corrected chi connectivity index (χ1v) is 1.24. The molecule has 0 aromatic heterocycles. The molecule has 0 bridgehead atoms. The molecule has 0 aromatic rings. The zero-order valence-corrected chi connectivity index (χ0v) is 2.92. The molecule has 0 spiro atoms. The summed E-state index contributed by atoms with van der Waals surface area (Å²) in [4.78, 5) is 0. The third kappa shape index (κ3) is 2.14. The van der Waals surface area contributed by atoms with Gasteiger partial charge in [-0.25, -0.2) is 0 Å². The normalized spacial score (nSPS) is 37.2. The molecule has 0 rings (SSSR count). The van der Waals surface area contributed by atoms with Crippen molar-refractivity contribution in [2.45, 2.75) is 6.08 Å². The van der Waals surface area contributed by atoms with Crippen molar-refractivity contribution in [2.24, 2.45) is 0 Å². The van der Waals surface area contributed by atoms with Crippen LogP contribution in [0.25, 0.3) is 0 Å². The van der Waals surface area contributed by atoms with Gasteiger partial charge in [0, 0.05) is 0 Å². The van der Waals surface area contributed by atoms with E-state index in [1.807, 2.05) is 0 Å². The molecule has 3 N–H and O–H groups in total. The van der Waals surface area contributed by atoms with Crippen molar-refractivity contribution in [2.75, 3.05) is 13.1 Å². The summed E-state index contributed by atoms with van der Waals surface area (Å²) >= 11 is 0. The average molecular weight is 98.1 g/mol. The second-order valence-corrected chi connectivity index (χ2v) is 0.626. The summed E-state index contributed by atoms with van der Waals surface area (Å²) in [7, 11) is 0. The van der Waals surface area contributed by atoms with Gasteiger partial charge in [-0.05, 0) is 0 Å². The number of hydrogen-bond acceptors (Lipinski definition) is 3. The second kappa shape index (κ2) is 3.08. The van der Waals surface area contributed by atoms with Gasteiger partial charge in [0.1, 0.15) is 6.08 Å². The maximum absolute atomic E-state index is 8.53. The third-order valence-electron chi connectivity index (χ3n) is 0.237. The number of aliphatic hydroxyl groups is 3. The molecule has 0 saturated carbocycles. The summed E-state index contributed by atoms with van der Waals surface area (Å²) < 4.78 is 25.6. The largest absolute Gasteiger partial charge is 0.394 e. The number of aliphatic hydroxyl groups excluding tert-OH is 1. The standard InChI is InChI=1S/C3H8O3/c4-1-3(6)2-5/h3-6H,1-2H2/i1D2,2+1D,3+1D/t2-,3+/m1/s1. The Morgan fingerprint density at radius 2 is 2.33 bits per heavy atom. The minimum Gasteiger partial charge on any atom is -0.394 e. The fraction of sp³-hybridized carbons (Fsp3) is 1.00. The van der Waals surface area contributed by atoms with Gasteiger partial charge in [0.25, 0.3) is 0 Å². The minimum atomic E-state index is -3.30. The van der Waals surface area contributed by atoms with Crippen molar-refractivity contribution >= 4 is 0 Å². The Labute approximate surface area is 41.5 Å². The van der Waals surface area contributed by atoms with Crippen molar-refractivity contribution < 1.29 is 20.8 Å². The molecule has 0 fully saturated rings. The van der Waals surface area contributed by atoms with Gasteiger partial charge in [-0.2, -0.15) is 0 Å². The first-order valence-electron chi connectivity index (χ1n) is 3.32. The van der Waals surface area contributed by atoms with Crippen LogP contribution >= 0.6 is 0 Å². The molecule has 0 aliphatic heterocycles. The molecule has 0 radical (unpaired) electrons. The van der Waals surface area contributed by atoms with Crippen molar-refractivity contribution in [1.29, 1.82) is 0 Å². The first-order chi connectivity index (χ1) is 4.19. The highest BCUT2D eigenvalue weighted by Gasteiger charge is 1.93. The molecular formula is C3H8O3. The van der Waals surface area contributed by atoms with Crippen LogP contribution in [0.15, 0.2) is 0 Å². The molecule has 0 aliphatic rings. The average Bonchev–Trinajstić information content (AvgIpc) is 1.62. The smallest absolute Gasteiger partial charge is 0.100 e. The van der Waals surface area contributed by atoms with Gasteiger partial charge < -0.3 is 15.3 Å². The lowest BCUT2D eigenvalue weighted by molar-refractivity contribution is 0.0450. The Morgan fingerprint density at radius 3 is 2.33 bits per heavy atom. The predicted molar refractivity (Wildman–Crippen MR) is 20.2 cm³/mol. The second-order valence-electron chi connectivity index (χ2n) is 0.626. The maximum atomic E-state index is 8.53. The fourth-order valence-electron chi connectivity index (χ4n) is 0.0289. The molecule has 6 heavy (non-hydrogen) atoms. The molecular weight excluding hydrogens is 86.0 g/mol. The van der Waals surface area contributed by atoms with Crippen LogP contribution in [0.2, 0.25) is 0 Å². The van der Waals surface area contributed by atoms with Crippen LogP contribution < -0.4 is 0 Å². The zero-order valence-electron chi connectivity index (χ0n) is 6.92. The predicted octanol–water partition coefficient (Wildman–Crippen LogP) is -1.67. The van der Waals surface area contributed by atoms with E-state index in [9.17, 15) is 0 Å². The highest BCUT2D eigenvalue weighted by atomic mass is 16.5. The van der Waals surface area contributed by atoms with Crippen molar-refractivity contribution in [3.63, 3.8) is 0 Å². The van der Waals surface area contributed by atoms with Crippen LogP contribution in [-0.2, 0) is 0 Å². The summed E-state index contributed by atoms with van der Waals surface area (Å²) in [5, 5.41) is 25.1. The van der Waals surface area contributed by atoms with E-state index in [0.29, 0.717) is 0 Å². The van der Waals surface area contributed by atoms with Crippen LogP contribution in [-0.4, -0.2) is 34.5 Å². The molecule has 0 unspecified atom stereocenters. The van der Waals surface area contributed by atoms with Gasteiger partial charge >= 0.3 is 0 Å². The van der Waals surface area contributed by atoms with Gasteiger partial charge in [0.15, 0.2) is 0 Å². The first kappa shape index (κ1) is 1.78. The Kier molecular flexibility index (Phi) is 0.913. The Bertz CT molecular complexity index is 117. The van der Waals surface area contributed by atoms with E-state index in [2.05, 4.69) is 0 Å². The molecule has 2 atom stereocenters. The van der Waals surface area contributed by atoms with Gasteiger partial charge in [-0.3, -0.25) is 0 Å². The number of rotatable bonds is 2. The highest BCUT2D eigenvalue weighted by molar-refractivity contribution is 4.43. The van der Waals surface area contributed by atoms with E-state index < -0.39 is 19.2 Å². The summed E-state index contributed by atoms with van der Waals surface area (Å²) in [5.41, 5.74) is 0. The molecule has 38 valence electrons. The molecule has 0 aromatic carbocycles. The van der Waals surface area contributed by atoms with E-state index in [-0.39, 0.29) is 0 Å². The molecule has 0 amide bonds. The van der Waals surface area contributed by atoms with E-state index in [0.717, 1.165) is 0 Å². The topological polar surface area (TPSA) is 60.7 Å². The van der Waals surface area contributed by atoms with Crippen LogP contribution in [0.1, 0.15) is 5.48 Å². The lowest BCUT2D eigenvalue weighted by atomic mass is 11.0. The van der Waals surface area contributed by atoms with Crippen LogP contribution in [0.4, 0.5) is 0 Å². The van der Waals surface area contributed by atoms with Crippen LogP contribution in [0, 0.1) is 0 Å². The molecule has 0 aliphatic carbocycles. The van der Waals surface area contributed by atoms with Gasteiger partial charge in [-0.15, -0.1) is 0 Å². The highest BCUT2D eigenvalue weighted by Crippen LogP contribution is 1.71. The molecule has 0 heterocycles. The zero-order chi connectivity index (χ0) is 8.58. The van der Waals surface area contributed by atoms with E-state index in [1.54, 1.807) is 0 Å². The quantitative estimate of drug-likeness (QED) is 0.362. The lowest BCUT2D eigenvalue weighted by Gasteiger charge is -1.96. The van der Waals surface area contributed by atoms with Crippen molar-refractivity contribution in [3.8, 4) is 0 Å². The van der Waals surface area contributed by atoms with Gasteiger partial charge in [0.2, 0.25) is 0 Å². The fourth-order valence-corrected chi connectivity index (χ4v) is 0.0289. The number of hydrogen-bond donors (Lipinski definition) is 3. The van der Waals surface area contributed by atoms with Crippen LogP contribution in [0.3, 0.4) is 0 Å². The molecule has 0 saturated heterocycles. The van der Waals surface area contributed by atoms with Crippen molar-refractivity contribution in [1.82, 2.24) is 0 Å². The summed E-state index contributed by atoms with van der Waals surface area (Å²) in [6.45, 7) is -5.69. The van der Waals surface area contributed by atoms with E-state index in [1.165, 1.54) is 0 Å². The summed E-state index contributed by atoms with van der Waals surface area (Å²) in [6, 6.07) is 0. The lowest BCUT2D eigenvalue weighted by Crippen LogP contribution is -2.15. The van der Waals surface area contributed by atoms with E-state index >= 15 is 0 Å². The Hall–Kier alpha value is -0.120. The van der Waals surface area contributed by atoms with Gasteiger partial charge in [-0.1, -0.05) is 0 Å². The van der Waals surface area contributed by atoms with Crippen molar-refractivity contribution in [3.05, 3.63) is 0 Å². The summed E-state index contributed by atoms with van der Waals surface area (Å²) in [5.74, 6) is 0. The van der Waals surface area contributed by atoms with E-state index in [4.69, 9.17) is 20.8 Å². The minimum absolute atomic E-state index is 2.40. The van der Waals surface area contributed by atoms with Crippen LogP contribution in [0.5, 0.6) is 0 Å². The maximum Gasteiger partial charge on any atom is 0.100 e.